The Labute approximate surface area is 105 Å². The molecular weight excluding hydrogens is 228 g/mol. The van der Waals surface area contributed by atoms with Crippen molar-refractivity contribution in [3.05, 3.63) is 46.6 Å². The van der Waals surface area contributed by atoms with Gasteiger partial charge in [-0.1, -0.05) is 17.7 Å². The molecule has 0 unspecified atom stereocenters. The lowest BCUT2D eigenvalue weighted by Crippen LogP contribution is -2.23. The van der Waals surface area contributed by atoms with E-state index >= 15 is 0 Å². The second-order valence-electron chi connectivity index (χ2n) is 4.31. The van der Waals surface area contributed by atoms with Crippen LogP contribution in [0.1, 0.15) is 27.0 Å². The molecule has 94 valence electrons. The second kappa shape index (κ2) is 4.91. The Morgan fingerprint density at radius 2 is 2.22 bits per heavy atom. The van der Waals surface area contributed by atoms with E-state index in [-0.39, 0.29) is 5.91 Å². The third kappa shape index (κ3) is 2.51. The monoisotopic (exact) mass is 244 g/mol. The third-order valence-corrected chi connectivity index (χ3v) is 2.83. The van der Waals surface area contributed by atoms with E-state index < -0.39 is 0 Å². The van der Waals surface area contributed by atoms with Crippen molar-refractivity contribution in [3.8, 4) is 0 Å². The van der Waals surface area contributed by atoms with Gasteiger partial charge in [-0.15, -0.1) is 0 Å². The van der Waals surface area contributed by atoms with Gasteiger partial charge >= 0.3 is 0 Å². The van der Waals surface area contributed by atoms with Crippen LogP contribution in [0.2, 0.25) is 0 Å². The summed E-state index contributed by atoms with van der Waals surface area (Å²) in [7, 11) is 0. The normalized spacial score (nSPS) is 10.3. The van der Waals surface area contributed by atoms with Gasteiger partial charge in [0.05, 0.1) is 6.20 Å². The number of carbonyl (C=O) groups is 1. The van der Waals surface area contributed by atoms with Crippen LogP contribution in [0, 0.1) is 13.8 Å². The van der Waals surface area contributed by atoms with Gasteiger partial charge in [0.1, 0.15) is 5.82 Å². The highest BCUT2D eigenvalue weighted by Gasteiger charge is 2.10. The Morgan fingerprint density at radius 1 is 1.44 bits per heavy atom. The SMILES string of the molecule is Cc1ccc(C)c(C(=O)NCc2cn[nH]c2N)c1. The maximum Gasteiger partial charge on any atom is 0.251 e. The van der Waals surface area contributed by atoms with Crippen molar-refractivity contribution in [2.24, 2.45) is 0 Å². The molecule has 1 aromatic carbocycles. The zero-order valence-electron chi connectivity index (χ0n) is 10.4. The van der Waals surface area contributed by atoms with Crippen molar-refractivity contribution in [2.45, 2.75) is 20.4 Å². The predicted octanol–water partition coefficient (Wildman–Crippen LogP) is 1.54. The van der Waals surface area contributed by atoms with Crippen molar-refractivity contribution in [1.29, 1.82) is 0 Å². The van der Waals surface area contributed by atoms with E-state index in [2.05, 4.69) is 15.5 Å². The molecule has 1 aromatic heterocycles. The summed E-state index contributed by atoms with van der Waals surface area (Å²) in [5.74, 6) is 0.382. The number of H-pyrrole nitrogens is 1. The summed E-state index contributed by atoms with van der Waals surface area (Å²) in [4.78, 5) is 12.0. The first-order valence-corrected chi connectivity index (χ1v) is 5.71. The van der Waals surface area contributed by atoms with Gasteiger partial charge < -0.3 is 11.1 Å². The highest BCUT2D eigenvalue weighted by atomic mass is 16.1. The van der Waals surface area contributed by atoms with Crippen LogP contribution in [0.5, 0.6) is 0 Å². The van der Waals surface area contributed by atoms with E-state index in [0.29, 0.717) is 17.9 Å². The number of nitrogens with one attached hydrogen (secondary N) is 2. The number of hydrogen-bond acceptors (Lipinski definition) is 3. The highest BCUT2D eigenvalue weighted by Crippen LogP contribution is 2.11. The molecular formula is C13H16N4O. The Morgan fingerprint density at radius 3 is 2.89 bits per heavy atom. The molecule has 0 saturated heterocycles. The molecule has 0 saturated carbocycles. The molecule has 0 aliphatic carbocycles. The van der Waals surface area contributed by atoms with Crippen molar-refractivity contribution < 1.29 is 4.79 Å². The number of aryl methyl sites for hydroxylation is 2. The number of rotatable bonds is 3. The molecule has 18 heavy (non-hydrogen) atoms. The molecule has 1 heterocycles. The fraction of sp³-hybridized carbons (Fsp3) is 0.231. The van der Waals surface area contributed by atoms with Gasteiger partial charge in [0, 0.05) is 17.7 Å². The van der Waals surface area contributed by atoms with Crippen molar-refractivity contribution >= 4 is 11.7 Å². The minimum Gasteiger partial charge on any atom is -0.384 e. The molecule has 5 nitrogen and oxygen atoms in total. The summed E-state index contributed by atoms with van der Waals surface area (Å²) in [5, 5.41) is 9.26. The van der Waals surface area contributed by atoms with Gasteiger partial charge in [-0.2, -0.15) is 5.10 Å². The average Bonchev–Trinajstić information content (AvgIpc) is 2.75. The van der Waals surface area contributed by atoms with E-state index in [0.717, 1.165) is 16.7 Å². The third-order valence-electron chi connectivity index (χ3n) is 2.83. The number of benzene rings is 1. The maximum absolute atomic E-state index is 12.0. The molecule has 0 spiro atoms. The van der Waals surface area contributed by atoms with E-state index in [4.69, 9.17) is 5.73 Å². The number of aromatic amines is 1. The molecule has 0 atom stereocenters. The van der Waals surface area contributed by atoms with Crippen LogP contribution in [0.15, 0.2) is 24.4 Å². The fourth-order valence-electron chi connectivity index (χ4n) is 1.71. The lowest BCUT2D eigenvalue weighted by molar-refractivity contribution is 0.0950. The van der Waals surface area contributed by atoms with Gasteiger partial charge in [-0.05, 0) is 25.5 Å². The fourth-order valence-corrected chi connectivity index (χ4v) is 1.71. The van der Waals surface area contributed by atoms with Gasteiger partial charge in [-0.25, -0.2) is 0 Å². The molecule has 4 N–H and O–H groups in total. The molecule has 2 rings (SSSR count). The first-order chi connectivity index (χ1) is 8.58. The van der Waals surface area contributed by atoms with E-state index in [1.165, 1.54) is 0 Å². The van der Waals surface area contributed by atoms with Gasteiger partial charge in [0.2, 0.25) is 0 Å². The molecule has 0 bridgehead atoms. The number of hydrogen-bond donors (Lipinski definition) is 3. The summed E-state index contributed by atoms with van der Waals surface area (Å²) in [6, 6.07) is 5.81. The minimum absolute atomic E-state index is 0.100. The van der Waals surface area contributed by atoms with Crippen LogP contribution in [0.4, 0.5) is 5.82 Å². The quantitative estimate of drug-likeness (QED) is 0.765. The van der Waals surface area contributed by atoms with Crippen molar-refractivity contribution in [1.82, 2.24) is 15.5 Å². The maximum atomic E-state index is 12.0. The standard InChI is InChI=1S/C13H16N4O/c1-8-3-4-9(2)11(5-8)13(18)15-6-10-7-16-17-12(10)14/h3-5,7H,6H2,1-2H3,(H,15,18)(H3,14,16,17). The summed E-state index contributed by atoms with van der Waals surface area (Å²) in [5.41, 5.74) is 9.15. The highest BCUT2D eigenvalue weighted by molar-refractivity contribution is 5.95. The average molecular weight is 244 g/mol. The van der Waals surface area contributed by atoms with Crippen LogP contribution >= 0.6 is 0 Å². The number of nitrogens with zero attached hydrogens (tertiary/aromatic N) is 1. The molecule has 5 heteroatoms. The van der Waals surface area contributed by atoms with Gasteiger partial charge in [-0.3, -0.25) is 9.89 Å². The smallest absolute Gasteiger partial charge is 0.251 e. The summed E-state index contributed by atoms with van der Waals surface area (Å²) >= 11 is 0. The zero-order valence-corrected chi connectivity index (χ0v) is 10.4. The molecule has 0 aliphatic rings. The van der Waals surface area contributed by atoms with Gasteiger partial charge in [0.25, 0.3) is 5.91 Å². The number of nitrogens with two attached hydrogens (primary N) is 1. The number of carbonyl (C=O) groups excluding carboxylic acids is 1. The van der Waals surface area contributed by atoms with Crippen molar-refractivity contribution in [2.75, 3.05) is 5.73 Å². The summed E-state index contributed by atoms with van der Waals surface area (Å²) < 4.78 is 0. The number of anilines is 1. The minimum atomic E-state index is -0.100. The van der Waals surface area contributed by atoms with E-state index in [9.17, 15) is 4.79 Å². The topological polar surface area (TPSA) is 83.8 Å². The molecule has 2 aromatic rings. The van der Waals surface area contributed by atoms with Crippen LogP contribution in [0.25, 0.3) is 0 Å². The lowest BCUT2D eigenvalue weighted by atomic mass is 10.1. The number of amides is 1. The van der Waals surface area contributed by atoms with E-state index in [1.807, 2.05) is 32.0 Å². The van der Waals surface area contributed by atoms with Gasteiger partial charge in [0.15, 0.2) is 0 Å². The Kier molecular flexibility index (Phi) is 3.32. The second-order valence-corrected chi connectivity index (χ2v) is 4.31. The molecule has 1 amide bonds. The Hall–Kier alpha value is -2.30. The molecule has 0 radical (unpaired) electrons. The van der Waals surface area contributed by atoms with Crippen LogP contribution in [-0.2, 0) is 6.54 Å². The summed E-state index contributed by atoms with van der Waals surface area (Å²) in [6.45, 7) is 4.25. The predicted molar refractivity (Wildman–Crippen MR) is 70.1 cm³/mol. The number of nitrogen functional groups attached to an aromatic ring is 1. The number of aromatic nitrogens is 2. The Balaban J connectivity index is 2.08. The molecule has 0 aliphatic heterocycles. The Bertz CT molecular complexity index is 574. The first kappa shape index (κ1) is 12.2. The largest absolute Gasteiger partial charge is 0.384 e. The van der Waals surface area contributed by atoms with E-state index in [1.54, 1.807) is 6.20 Å². The van der Waals surface area contributed by atoms with Crippen LogP contribution in [-0.4, -0.2) is 16.1 Å². The lowest BCUT2D eigenvalue weighted by Gasteiger charge is -2.08. The van der Waals surface area contributed by atoms with Crippen LogP contribution in [0.3, 0.4) is 0 Å². The van der Waals surface area contributed by atoms with Crippen LogP contribution < -0.4 is 11.1 Å². The molecule has 0 fully saturated rings. The van der Waals surface area contributed by atoms with Crippen molar-refractivity contribution in [3.63, 3.8) is 0 Å². The zero-order chi connectivity index (χ0) is 13.1. The first-order valence-electron chi connectivity index (χ1n) is 5.71. The summed E-state index contributed by atoms with van der Waals surface area (Å²) in [6.07, 6.45) is 1.61.